The summed E-state index contributed by atoms with van der Waals surface area (Å²) in [4.78, 5) is 15.0. The zero-order valence-electron chi connectivity index (χ0n) is 13.3. The average molecular weight is 360 g/mol. The second-order valence-corrected chi connectivity index (χ2v) is 7.88. The van der Waals surface area contributed by atoms with Crippen molar-refractivity contribution in [3.63, 3.8) is 0 Å². The lowest BCUT2D eigenvalue weighted by Gasteiger charge is -2.30. The van der Waals surface area contributed by atoms with Gasteiger partial charge in [0.1, 0.15) is 0 Å². The molecule has 0 bridgehead atoms. The summed E-state index contributed by atoms with van der Waals surface area (Å²) in [5.74, 6) is -0.259. The Morgan fingerprint density at radius 1 is 0.917 bits per heavy atom. The lowest BCUT2D eigenvalue weighted by molar-refractivity contribution is -0.133. The van der Waals surface area contributed by atoms with E-state index in [1.165, 1.54) is 0 Å². The van der Waals surface area contributed by atoms with Crippen molar-refractivity contribution in [2.24, 2.45) is 0 Å². The molecular formula is C18H19AlClNO3. The SMILES string of the molecule is O=C(C(c1ccccc1)c1ccccc1)N1CC[O][Al]([Cl])[O]CC1. The van der Waals surface area contributed by atoms with Crippen LogP contribution in [0.1, 0.15) is 17.0 Å². The van der Waals surface area contributed by atoms with Crippen molar-refractivity contribution >= 4 is 29.9 Å². The standard InChI is InChI=1S/C18H19NO3.Al.ClH/c20-13-11-19(12-14-21)18(22)17(15-7-3-1-4-8-15)16-9-5-2-6-10-16;;/h1-10,17H,11-14H2;;1H/q-2;+3;/p-1. The van der Waals surface area contributed by atoms with E-state index in [2.05, 4.69) is 0 Å². The van der Waals surface area contributed by atoms with Crippen LogP contribution < -0.4 is 0 Å². The third-order valence-electron chi connectivity index (χ3n) is 4.04. The third-order valence-corrected chi connectivity index (χ3v) is 5.80. The van der Waals surface area contributed by atoms with Crippen molar-refractivity contribution in [3.8, 4) is 0 Å². The number of rotatable bonds is 3. The van der Waals surface area contributed by atoms with Crippen LogP contribution in [0.3, 0.4) is 0 Å². The van der Waals surface area contributed by atoms with E-state index < -0.39 is 13.9 Å². The molecule has 0 atom stereocenters. The Hall–Kier alpha value is -1.35. The second-order valence-electron chi connectivity index (χ2n) is 5.60. The molecule has 0 radical (unpaired) electrons. The van der Waals surface area contributed by atoms with Gasteiger partial charge in [-0.3, -0.25) is 4.79 Å². The maximum absolute atomic E-state index is 13.2. The molecule has 1 amide bonds. The van der Waals surface area contributed by atoms with Gasteiger partial charge in [-0.25, -0.2) is 0 Å². The van der Waals surface area contributed by atoms with Crippen LogP contribution >= 0.6 is 10.0 Å². The van der Waals surface area contributed by atoms with Crippen molar-refractivity contribution in [1.82, 2.24) is 4.90 Å². The molecule has 0 aromatic heterocycles. The minimum atomic E-state index is -2.04. The summed E-state index contributed by atoms with van der Waals surface area (Å²) in [5.41, 5.74) is 1.98. The first-order chi connectivity index (χ1) is 11.8. The van der Waals surface area contributed by atoms with Crippen LogP contribution in [0.25, 0.3) is 0 Å². The van der Waals surface area contributed by atoms with Gasteiger partial charge in [-0.05, 0) is 11.1 Å². The molecule has 1 saturated heterocycles. The van der Waals surface area contributed by atoms with Crippen molar-refractivity contribution in [1.29, 1.82) is 0 Å². The lowest BCUT2D eigenvalue weighted by atomic mass is 9.90. The molecule has 24 heavy (non-hydrogen) atoms. The minimum Gasteiger partial charge on any atom is -0.464 e. The first-order valence-electron chi connectivity index (χ1n) is 8.01. The molecule has 3 rings (SSSR count). The zero-order valence-corrected chi connectivity index (χ0v) is 15.2. The molecule has 6 heteroatoms. The minimum absolute atomic E-state index is 0.0642. The fourth-order valence-electron chi connectivity index (χ4n) is 2.84. The van der Waals surface area contributed by atoms with E-state index in [1.807, 2.05) is 65.6 Å². The van der Waals surface area contributed by atoms with Gasteiger partial charge < -0.3 is 12.5 Å². The van der Waals surface area contributed by atoms with Crippen LogP contribution in [-0.4, -0.2) is 51.0 Å². The Bertz CT molecular complexity index is 606. The Labute approximate surface area is 151 Å². The third kappa shape index (κ3) is 4.38. The number of amides is 1. The van der Waals surface area contributed by atoms with Crippen molar-refractivity contribution in [2.75, 3.05) is 26.3 Å². The number of nitrogens with zero attached hydrogens (tertiary/aromatic N) is 1. The topological polar surface area (TPSA) is 38.8 Å². The molecule has 0 spiro atoms. The van der Waals surface area contributed by atoms with E-state index in [0.717, 1.165) is 11.1 Å². The van der Waals surface area contributed by atoms with Gasteiger partial charge in [0, 0.05) is 26.3 Å². The molecule has 0 unspecified atom stereocenters. The summed E-state index contributed by atoms with van der Waals surface area (Å²) in [5, 5.41) is 0. The van der Waals surface area contributed by atoms with Gasteiger partial charge in [-0.1, -0.05) is 60.7 Å². The molecule has 124 valence electrons. The number of benzene rings is 2. The van der Waals surface area contributed by atoms with Gasteiger partial charge in [0.15, 0.2) is 0 Å². The van der Waals surface area contributed by atoms with Gasteiger partial charge in [0.25, 0.3) is 0 Å². The van der Waals surface area contributed by atoms with Crippen LogP contribution in [0.4, 0.5) is 0 Å². The molecular weight excluding hydrogens is 341 g/mol. The number of hydrogen-bond donors (Lipinski definition) is 0. The zero-order chi connectivity index (χ0) is 16.8. The molecule has 0 saturated carbocycles. The highest BCUT2D eigenvalue weighted by molar-refractivity contribution is 6.99. The highest BCUT2D eigenvalue weighted by atomic mass is 35.6. The molecule has 1 aliphatic rings. The van der Waals surface area contributed by atoms with Crippen LogP contribution in [0, 0.1) is 0 Å². The normalized spacial score (nSPS) is 15.9. The van der Waals surface area contributed by atoms with Gasteiger partial charge in [-0.2, -0.15) is 10.0 Å². The van der Waals surface area contributed by atoms with Crippen LogP contribution in [0.5, 0.6) is 0 Å². The molecule has 1 heterocycles. The number of hydrogen-bond acceptors (Lipinski definition) is 3. The molecule has 1 fully saturated rings. The van der Waals surface area contributed by atoms with Gasteiger partial charge in [0.05, 0.1) is 5.92 Å². The fraction of sp³-hybridized carbons (Fsp3) is 0.278. The Kier molecular flexibility index (Phi) is 6.31. The van der Waals surface area contributed by atoms with Crippen molar-refractivity contribution < 1.29 is 12.4 Å². The highest BCUT2D eigenvalue weighted by Crippen LogP contribution is 2.27. The average Bonchev–Trinajstić information content (AvgIpc) is 2.60. The van der Waals surface area contributed by atoms with Gasteiger partial charge in [-0.15, -0.1) is 0 Å². The smallest absolute Gasteiger partial charge is 0.464 e. The number of carbonyl (C=O) groups excluding carboxylic acids is 1. The van der Waals surface area contributed by atoms with E-state index in [0.29, 0.717) is 26.3 Å². The van der Waals surface area contributed by atoms with E-state index in [4.69, 9.17) is 17.6 Å². The summed E-state index contributed by atoms with van der Waals surface area (Å²) in [6, 6.07) is 19.7. The molecule has 2 aromatic carbocycles. The Morgan fingerprint density at radius 3 is 1.83 bits per heavy atom. The van der Waals surface area contributed by atoms with E-state index in [9.17, 15) is 4.79 Å². The van der Waals surface area contributed by atoms with Gasteiger partial charge >= 0.3 is 13.9 Å². The van der Waals surface area contributed by atoms with Crippen molar-refractivity contribution in [3.05, 3.63) is 71.8 Å². The summed E-state index contributed by atoms with van der Waals surface area (Å²) >= 11 is -2.04. The summed E-state index contributed by atoms with van der Waals surface area (Å²) in [6.45, 7) is 1.91. The first-order valence-corrected chi connectivity index (χ1v) is 10.7. The van der Waals surface area contributed by atoms with Gasteiger partial charge in [0.2, 0.25) is 5.91 Å². The molecule has 0 N–H and O–H groups in total. The summed E-state index contributed by atoms with van der Waals surface area (Å²) < 4.78 is 10.9. The first kappa shape index (κ1) is 17.5. The predicted molar refractivity (Wildman–Crippen MR) is 94.8 cm³/mol. The monoisotopic (exact) mass is 359 g/mol. The largest absolute Gasteiger partial charge is 0.813 e. The predicted octanol–water partition coefficient (Wildman–Crippen LogP) is 2.92. The van der Waals surface area contributed by atoms with E-state index >= 15 is 0 Å². The summed E-state index contributed by atoms with van der Waals surface area (Å²) in [6.07, 6.45) is 0. The highest BCUT2D eigenvalue weighted by Gasteiger charge is 2.31. The molecule has 0 aliphatic carbocycles. The molecule has 4 nitrogen and oxygen atoms in total. The quantitative estimate of drug-likeness (QED) is 0.791. The van der Waals surface area contributed by atoms with E-state index in [1.54, 1.807) is 0 Å². The number of halogens is 1. The maximum atomic E-state index is 13.2. The summed E-state index contributed by atoms with van der Waals surface area (Å²) in [7, 11) is 5.97. The second kappa shape index (κ2) is 8.66. The van der Waals surface area contributed by atoms with Crippen LogP contribution in [0.15, 0.2) is 60.7 Å². The fourth-order valence-corrected chi connectivity index (χ4v) is 4.05. The van der Waals surface area contributed by atoms with Crippen LogP contribution in [-0.2, 0) is 12.4 Å². The van der Waals surface area contributed by atoms with Crippen LogP contribution in [0.2, 0.25) is 0 Å². The molecule has 1 aliphatic heterocycles. The molecule has 2 aromatic rings. The number of carbonyl (C=O) groups is 1. The Balaban J connectivity index is 1.86. The lowest BCUT2D eigenvalue weighted by Crippen LogP contribution is -2.43. The van der Waals surface area contributed by atoms with Crippen molar-refractivity contribution in [2.45, 2.75) is 5.92 Å². The maximum Gasteiger partial charge on any atom is 0.813 e. The van der Waals surface area contributed by atoms with E-state index in [-0.39, 0.29) is 11.8 Å². The Morgan fingerprint density at radius 2 is 1.38 bits per heavy atom.